The molecular formula is C23H28O2S2. The Morgan fingerprint density at radius 3 is 1.44 bits per heavy atom. The van der Waals surface area contributed by atoms with E-state index >= 15 is 0 Å². The van der Waals surface area contributed by atoms with E-state index < -0.39 is 0 Å². The van der Waals surface area contributed by atoms with E-state index in [0.717, 1.165) is 22.6 Å². The smallest absolute Gasteiger partial charge is 0.202 e. The van der Waals surface area contributed by atoms with Crippen molar-refractivity contribution in [2.24, 2.45) is 11.8 Å². The summed E-state index contributed by atoms with van der Waals surface area (Å²) < 4.78 is 0. The first kappa shape index (κ1) is 21.8. The molecule has 0 fully saturated rings. The number of benzene rings is 2. The summed E-state index contributed by atoms with van der Waals surface area (Å²) in [5.74, 6) is 1.05. The molecule has 4 heteroatoms. The predicted octanol–water partition coefficient (Wildman–Crippen LogP) is 6.41. The molecule has 0 amide bonds. The molecule has 0 aliphatic carbocycles. The average Bonchev–Trinajstić information content (AvgIpc) is 2.57. The maximum Gasteiger partial charge on any atom is 0.202 e. The van der Waals surface area contributed by atoms with Crippen LogP contribution in [0.1, 0.15) is 45.2 Å². The summed E-state index contributed by atoms with van der Waals surface area (Å²) in [5.41, 5.74) is 2.35. The van der Waals surface area contributed by atoms with Crippen molar-refractivity contribution >= 4 is 33.8 Å². The van der Waals surface area contributed by atoms with Gasteiger partial charge < -0.3 is 0 Å². The second kappa shape index (κ2) is 10.7. The molecule has 0 radical (unpaired) electrons. The zero-order chi connectivity index (χ0) is 19.8. The van der Waals surface area contributed by atoms with Crippen molar-refractivity contribution in [3.8, 4) is 0 Å². The van der Waals surface area contributed by atoms with Crippen molar-refractivity contribution in [1.82, 2.24) is 0 Å². The van der Waals surface area contributed by atoms with E-state index in [1.54, 1.807) is 0 Å². The van der Waals surface area contributed by atoms with E-state index in [9.17, 15) is 9.59 Å². The minimum atomic E-state index is -0.0925. The molecule has 0 unspecified atom stereocenters. The molecule has 144 valence electrons. The van der Waals surface area contributed by atoms with Gasteiger partial charge in [0.2, 0.25) is 10.2 Å². The quantitative estimate of drug-likeness (QED) is 0.379. The molecule has 0 aliphatic heterocycles. The number of thioether (sulfide) groups is 2. The lowest BCUT2D eigenvalue weighted by molar-refractivity contribution is -0.117. The molecule has 0 saturated heterocycles. The maximum absolute atomic E-state index is 12.4. The number of rotatable bonds is 8. The van der Waals surface area contributed by atoms with Gasteiger partial charge in [-0.3, -0.25) is 9.59 Å². The molecule has 2 aromatic carbocycles. The molecule has 2 rings (SSSR count). The van der Waals surface area contributed by atoms with Gasteiger partial charge in [0.25, 0.3) is 0 Å². The van der Waals surface area contributed by atoms with Gasteiger partial charge in [0, 0.05) is 9.79 Å². The summed E-state index contributed by atoms with van der Waals surface area (Å²) in [5, 5.41) is -0.185. The predicted molar refractivity (Wildman–Crippen MR) is 116 cm³/mol. The van der Waals surface area contributed by atoms with E-state index in [2.05, 4.69) is 39.8 Å². The molecule has 0 aliphatic rings. The Morgan fingerprint density at radius 1 is 0.704 bits per heavy atom. The lowest BCUT2D eigenvalue weighted by Gasteiger charge is -2.11. The first-order chi connectivity index (χ1) is 12.8. The van der Waals surface area contributed by atoms with E-state index in [-0.39, 0.29) is 16.7 Å². The lowest BCUT2D eigenvalue weighted by Crippen LogP contribution is -2.03. The SMILES string of the molecule is CC(C)Cc1ccccc1SC(=O)CC(=O)Sc1ccccc1CC(C)C. The van der Waals surface area contributed by atoms with Crippen LogP contribution >= 0.6 is 23.5 Å². The fraction of sp³-hybridized carbons (Fsp3) is 0.391. The molecular weight excluding hydrogens is 372 g/mol. The van der Waals surface area contributed by atoms with Gasteiger partial charge in [-0.1, -0.05) is 87.6 Å². The van der Waals surface area contributed by atoms with Crippen LogP contribution in [0, 0.1) is 11.8 Å². The molecule has 27 heavy (non-hydrogen) atoms. The standard InChI is InChI=1S/C23H28O2S2/c1-16(2)13-18-9-5-7-11-20(18)26-22(24)15-23(25)27-21-12-8-6-10-19(21)14-17(3)4/h5-12,16-17H,13-15H2,1-4H3. The van der Waals surface area contributed by atoms with Gasteiger partial charge in [-0.15, -0.1) is 0 Å². The Hall–Kier alpha value is -1.52. The molecule has 0 bridgehead atoms. The summed E-state index contributed by atoms with van der Waals surface area (Å²) in [7, 11) is 0. The van der Waals surface area contributed by atoms with Gasteiger partial charge in [0.15, 0.2) is 0 Å². The monoisotopic (exact) mass is 400 g/mol. The van der Waals surface area contributed by atoms with Gasteiger partial charge in [-0.25, -0.2) is 0 Å². The Morgan fingerprint density at radius 2 is 1.07 bits per heavy atom. The Balaban J connectivity index is 1.98. The van der Waals surface area contributed by atoms with E-state index in [1.807, 2.05) is 36.4 Å². The molecule has 0 saturated carbocycles. The molecule has 0 atom stereocenters. The molecule has 2 aromatic rings. The summed E-state index contributed by atoms with van der Waals surface area (Å²) in [4.78, 5) is 26.8. The highest BCUT2D eigenvalue weighted by Crippen LogP contribution is 2.30. The van der Waals surface area contributed by atoms with Crippen LogP contribution in [-0.4, -0.2) is 10.2 Å². The van der Waals surface area contributed by atoms with Crippen molar-refractivity contribution in [2.45, 2.75) is 56.7 Å². The minimum Gasteiger partial charge on any atom is -0.286 e. The maximum atomic E-state index is 12.4. The zero-order valence-electron chi connectivity index (χ0n) is 16.5. The topological polar surface area (TPSA) is 34.1 Å². The Kier molecular flexibility index (Phi) is 8.65. The third-order valence-electron chi connectivity index (χ3n) is 3.94. The summed E-state index contributed by atoms with van der Waals surface area (Å²) in [6, 6.07) is 15.9. The van der Waals surface area contributed by atoms with Crippen LogP contribution < -0.4 is 0 Å². The van der Waals surface area contributed by atoms with Gasteiger partial charge in [0.1, 0.15) is 0 Å². The average molecular weight is 401 g/mol. The van der Waals surface area contributed by atoms with Crippen LogP contribution in [0.5, 0.6) is 0 Å². The highest BCUT2D eigenvalue weighted by atomic mass is 32.2. The second-order valence-corrected chi connectivity index (χ2v) is 9.73. The van der Waals surface area contributed by atoms with Crippen molar-refractivity contribution in [2.75, 3.05) is 0 Å². The molecule has 0 N–H and O–H groups in total. The largest absolute Gasteiger partial charge is 0.286 e. The van der Waals surface area contributed by atoms with Gasteiger partial charge in [-0.2, -0.15) is 0 Å². The van der Waals surface area contributed by atoms with Crippen molar-refractivity contribution in [3.05, 3.63) is 59.7 Å². The highest BCUT2D eigenvalue weighted by molar-refractivity contribution is 8.15. The third-order valence-corrected chi connectivity index (χ3v) is 5.92. The lowest BCUT2D eigenvalue weighted by atomic mass is 10.0. The first-order valence-corrected chi connectivity index (χ1v) is 11.1. The van der Waals surface area contributed by atoms with Crippen LogP contribution in [0.25, 0.3) is 0 Å². The third kappa shape index (κ3) is 7.55. The normalized spacial score (nSPS) is 11.2. The number of hydrogen-bond acceptors (Lipinski definition) is 4. The summed E-state index contributed by atoms with van der Waals surface area (Å²) in [6.07, 6.45) is 1.81. The first-order valence-electron chi connectivity index (χ1n) is 9.42. The fourth-order valence-electron chi connectivity index (χ4n) is 2.86. The summed E-state index contributed by atoms with van der Waals surface area (Å²) in [6.45, 7) is 8.66. The second-order valence-electron chi connectivity index (χ2n) is 7.54. The summed E-state index contributed by atoms with van der Waals surface area (Å²) >= 11 is 2.39. The Labute approximate surface area is 171 Å². The minimum absolute atomic E-state index is 0.0542. The van der Waals surface area contributed by atoms with E-state index in [4.69, 9.17) is 0 Å². The fourth-order valence-corrected chi connectivity index (χ4v) is 4.71. The van der Waals surface area contributed by atoms with Crippen LogP contribution in [-0.2, 0) is 22.4 Å². The van der Waals surface area contributed by atoms with Crippen LogP contribution in [0.15, 0.2) is 58.3 Å². The van der Waals surface area contributed by atoms with Gasteiger partial charge in [-0.05, 0) is 47.9 Å². The van der Waals surface area contributed by atoms with Crippen LogP contribution in [0.3, 0.4) is 0 Å². The highest BCUT2D eigenvalue weighted by Gasteiger charge is 2.16. The zero-order valence-corrected chi connectivity index (χ0v) is 18.2. The van der Waals surface area contributed by atoms with Crippen molar-refractivity contribution in [3.63, 3.8) is 0 Å². The molecule has 0 spiro atoms. The Bertz CT molecular complexity index is 716. The van der Waals surface area contributed by atoms with Gasteiger partial charge in [0.05, 0.1) is 6.42 Å². The van der Waals surface area contributed by atoms with Crippen LogP contribution in [0.2, 0.25) is 0 Å². The van der Waals surface area contributed by atoms with E-state index in [1.165, 1.54) is 34.7 Å². The molecule has 0 aromatic heterocycles. The van der Waals surface area contributed by atoms with Crippen molar-refractivity contribution < 1.29 is 9.59 Å². The number of carbonyl (C=O) groups is 2. The van der Waals surface area contributed by atoms with E-state index in [0.29, 0.717) is 11.8 Å². The molecule has 2 nitrogen and oxygen atoms in total. The van der Waals surface area contributed by atoms with Crippen molar-refractivity contribution in [1.29, 1.82) is 0 Å². The number of carbonyl (C=O) groups excluding carboxylic acids is 2. The van der Waals surface area contributed by atoms with Gasteiger partial charge >= 0.3 is 0 Å². The van der Waals surface area contributed by atoms with Crippen LogP contribution in [0.4, 0.5) is 0 Å². The molecule has 0 heterocycles. The number of hydrogen-bond donors (Lipinski definition) is 0.